The van der Waals surface area contributed by atoms with Crippen molar-refractivity contribution in [1.29, 1.82) is 0 Å². The van der Waals surface area contributed by atoms with Gasteiger partial charge in [0.1, 0.15) is 5.82 Å². The molecule has 1 atom stereocenters. The van der Waals surface area contributed by atoms with Gasteiger partial charge in [0.25, 0.3) is 0 Å². The zero-order valence-corrected chi connectivity index (χ0v) is 9.37. The van der Waals surface area contributed by atoms with Crippen LogP contribution in [0.25, 0.3) is 0 Å². The van der Waals surface area contributed by atoms with E-state index in [4.69, 9.17) is 0 Å². The lowest BCUT2D eigenvalue weighted by molar-refractivity contribution is 0.382. The van der Waals surface area contributed by atoms with Gasteiger partial charge < -0.3 is 5.32 Å². The molecule has 0 radical (unpaired) electrons. The van der Waals surface area contributed by atoms with Crippen molar-refractivity contribution in [1.82, 2.24) is 15.3 Å². The first kappa shape index (κ1) is 10.6. The first-order chi connectivity index (χ1) is 7.34. The van der Waals surface area contributed by atoms with Gasteiger partial charge in [-0.15, -0.1) is 0 Å². The van der Waals surface area contributed by atoms with Crippen molar-refractivity contribution in [3.63, 3.8) is 0 Å². The Kier molecular flexibility index (Phi) is 3.67. The largest absolute Gasteiger partial charge is 0.314 e. The molecule has 1 N–H and O–H groups in total. The van der Waals surface area contributed by atoms with E-state index in [9.17, 15) is 0 Å². The Hall–Kier alpha value is -0.960. The van der Waals surface area contributed by atoms with E-state index >= 15 is 0 Å². The lowest BCUT2D eigenvalue weighted by Gasteiger charge is -2.23. The van der Waals surface area contributed by atoms with Gasteiger partial charge in [-0.2, -0.15) is 0 Å². The standard InChI is InChI=1S/C12H19N3/c1-10-13-9-7-12(15-10)6-5-11-4-2-3-8-14-11/h7,9,11,14H,2-6,8H2,1H3. The maximum Gasteiger partial charge on any atom is 0.125 e. The van der Waals surface area contributed by atoms with Crippen LogP contribution in [0.4, 0.5) is 0 Å². The smallest absolute Gasteiger partial charge is 0.125 e. The number of rotatable bonds is 3. The van der Waals surface area contributed by atoms with Crippen LogP contribution in [0.3, 0.4) is 0 Å². The molecule has 0 saturated carbocycles. The third-order valence-electron chi connectivity index (χ3n) is 3.00. The molecule has 1 aliphatic rings. The van der Waals surface area contributed by atoms with Crippen molar-refractivity contribution in [3.05, 3.63) is 23.8 Å². The monoisotopic (exact) mass is 205 g/mol. The molecule has 1 fully saturated rings. The molecule has 1 aromatic rings. The predicted octanol–water partition coefficient (Wildman–Crippen LogP) is 1.86. The first-order valence-electron chi connectivity index (χ1n) is 5.86. The minimum Gasteiger partial charge on any atom is -0.314 e. The van der Waals surface area contributed by atoms with Crippen LogP contribution in [0, 0.1) is 6.92 Å². The second-order valence-corrected chi connectivity index (χ2v) is 4.28. The lowest BCUT2D eigenvalue weighted by Crippen LogP contribution is -2.34. The highest BCUT2D eigenvalue weighted by Gasteiger charge is 2.12. The molecule has 0 amide bonds. The summed E-state index contributed by atoms with van der Waals surface area (Å²) in [5, 5.41) is 3.56. The second-order valence-electron chi connectivity index (χ2n) is 4.28. The van der Waals surface area contributed by atoms with Crippen LogP contribution in [0.1, 0.15) is 37.2 Å². The SMILES string of the molecule is Cc1nccc(CCC2CCCCN2)n1. The highest BCUT2D eigenvalue weighted by Crippen LogP contribution is 2.12. The summed E-state index contributed by atoms with van der Waals surface area (Å²) in [6, 6.07) is 2.73. The fourth-order valence-corrected chi connectivity index (χ4v) is 2.14. The molecular weight excluding hydrogens is 186 g/mol. The number of hydrogen-bond donors (Lipinski definition) is 1. The molecule has 0 aromatic carbocycles. The number of aromatic nitrogens is 2. The summed E-state index contributed by atoms with van der Waals surface area (Å²) in [4.78, 5) is 8.53. The normalized spacial score (nSPS) is 21.5. The number of nitrogens with zero attached hydrogens (tertiary/aromatic N) is 2. The van der Waals surface area contributed by atoms with Crippen LogP contribution in [0.2, 0.25) is 0 Å². The minimum atomic E-state index is 0.703. The Morgan fingerprint density at radius 1 is 1.47 bits per heavy atom. The Morgan fingerprint density at radius 3 is 3.13 bits per heavy atom. The molecule has 0 spiro atoms. The Balaban J connectivity index is 1.81. The third-order valence-corrected chi connectivity index (χ3v) is 3.00. The molecule has 82 valence electrons. The van der Waals surface area contributed by atoms with Crippen molar-refractivity contribution in [2.24, 2.45) is 0 Å². The molecule has 1 unspecified atom stereocenters. The van der Waals surface area contributed by atoms with Crippen LogP contribution in [0.15, 0.2) is 12.3 Å². The van der Waals surface area contributed by atoms with E-state index < -0.39 is 0 Å². The van der Waals surface area contributed by atoms with E-state index in [1.54, 1.807) is 0 Å². The van der Waals surface area contributed by atoms with Gasteiger partial charge in [0.2, 0.25) is 0 Å². The second kappa shape index (κ2) is 5.21. The Bertz CT molecular complexity index is 305. The van der Waals surface area contributed by atoms with Gasteiger partial charge in [-0.3, -0.25) is 0 Å². The summed E-state index contributed by atoms with van der Waals surface area (Å²) in [6.45, 7) is 3.13. The van der Waals surface area contributed by atoms with E-state index in [0.717, 1.165) is 12.2 Å². The fourth-order valence-electron chi connectivity index (χ4n) is 2.14. The van der Waals surface area contributed by atoms with E-state index in [2.05, 4.69) is 15.3 Å². The van der Waals surface area contributed by atoms with Gasteiger partial charge in [-0.1, -0.05) is 6.42 Å². The summed E-state index contributed by atoms with van der Waals surface area (Å²) in [5.74, 6) is 0.879. The topological polar surface area (TPSA) is 37.8 Å². The summed E-state index contributed by atoms with van der Waals surface area (Å²) in [5.41, 5.74) is 1.18. The van der Waals surface area contributed by atoms with Gasteiger partial charge in [-0.05, 0) is 45.2 Å². The molecule has 0 aliphatic carbocycles. The molecule has 0 bridgehead atoms. The van der Waals surface area contributed by atoms with Gasteiger partial charge >= 0.3 is 0 Å². The third kappa shape index (κ3) is 3.27. The number of hydrogen-bond acceptors (Lipinski definition) is 3. The molecule has 2 heterocycles. The fraction of sp³-hybridized carbons (Fsp3) is 0.667. The van der Waals surface area contributed by atoms with E-state index in [1.807, 2.05) is 19.2 Å². The van der Waals surface area contributed by atoms with Crippen LogP contribution >= 0.6 is 0 Å². The average Bonchev–Trinajstić information content (AvgIpc) is 2.28. The molecule has 2 rings (SSSR count). The van der Waals surface area contributed by atoms with E-state index in [1.165, 1.54) is 37.9 Å². The van der Waals surface area contributed by atoms with Crippen molar-refractivity contribution in [3.8, 4) is 0 Å². The average molecular weight is 205 g/mol. The highest BCUT2D eigenvalue weighted by atomic mass is 14.9. The van der Waals surface area contributed by atoms with Gasteiger partial charge in [0.15, 0.2) is 0 Å². The number of piperidine rings is 1. The molecule has 3 heteroatoms. The zero-order valence-electron chi connectivity index (χ0n) is 9.37. The van der Waals surface area contributed by atoms with Crippen molar-refractivity contribution < 1.29 is 0 Å². The van der Waals surface area contributed by atoms with Crippen molar-refractivity contribution in [2.75, 3.05) is 6.54 Å². The maximum atomic E-state index is 4.42. The lowest BCUT2D eigenvalue weighted by atomic mass is 10.00. The summed E-state index contributed by atoms with van der Waals surface area (Å²) >= 11 is 0. The van der Waals surface area contributed by atoms with Crippen LogP contribution in [-0.2, 0) is 6.42 Å². The van der Waals surface area contributed by atoms with Crippen LogP contribution < -0.4 is 5.32 Å². The van der Waals surface area contributed by atoms with Gasteiger partial charge in [-0.25, -0.2) is 9.97 Å². The van der Waals surface area contributed by atoms with Gasteiger partial charge in [0.05, 0.1) is 0 Å². The Labute approximate surface area is 91.3 Å². The first-order valence-corrected chi connectivity index (χ1v) is 5.86. The van der Waals surface area contributed by atoms with Crippen molar-refractivity contribution in [2.45, 2.75) is 45.1 Å². The molecule has 1 aliphatic heterocycles. The van der Waals surface area contributed by atoms with Gasteiger partial charge in [0, 0.05) is 17.9 Å². The molecule has 1 aromatic heterocycles. The summed E-state index contributed by atoms with van der Waals surface area (Å²) < 4.78 is 0. The molecular formula is C12H19N3. The Morgan fingerprint density at radius 2 is 2.40 bits per heavy atom. The van der Waals surface area contributed by atoms with E-state index in [0.29, 0.717) is 6.04 Å². The van der Waals surface area contributed by atoms with Crippen molar-refractivity contribution >= 4 is 0 Å². The predicted molar refractivity (Wildman–Crippen MR) is 60.7 cm³/mol. The molecule has 15 heavy (non-hydrogen) atoms. The molecule has 3 nitrogen and oxygen atoms in total. The maximum absolute atomic E-state index is 4.42. The minimum absolute atomic E-state index is 0.703. The summed E-state index contributed by atoms with van der Waals surface area (Å²) in [7, 11) is 0. The number of aryl methyl sites for hydroxylation is 2. The van der Waals surface area contributed by atoms with Crippen LogP contribution in [-0.4, -0.2) is 22.6 Å². The quantitative estimate of drug-likeness (QED) is 0.818. The highest BCUT2D eigenvalue weighted by molar-refractivity contribution is 5.02. The molecule has 1 saturated heterocycles. The van der Waals surface area contributed by atoms with Crippen LogP contribution in [0.5, 0.6) is 0 Å². The van der Waals surface area contributed by atoms with E-state index in [-0.39, 0.29) is 0 Å². The summed E-state index contributed by atoms with van der Waals surface area (Å²) in [6.07, 6.45) is 8.16. The number of nitrogens with one attached hydrogen (secondary N) is 1. The zero-order chi connectivity index (χ0) is 10.5.